The zero-order chi connectivity index (χ0) is 14.8. The van der Waals surface area contributed by atoms with Crippen molar-refractivity contribution in [2.45, 2.75) is 31.4 Å². The van der Waals surface area contributed by atoms with Gasteiger partial charge in [-0.25, -0.2) is 0 Å². The smallest absolute Gasteiger partial charge is 0.255 e. The number of likely N-dealkylation sites (tertiary alicyclic amines) is 1. The molecule has 2 rings (SSSR count). The molecular formula is C15H22N2O3. The molecule has 1 aliphatic rings. The van der Waals surface area contributed by atoms with E-state index in [1.54, 1.807) is 12.1 Å². The van der Waals surface area contributed by atoms with Crippen molar-refractivity contribution >= 4 is 5.91 Å². The van der Waals surface area contributed by atoms with Crippen LogP contribution in [0.5, 0.6) is 5.75 Å². The molecule has 1 aromatic rings. The van der Waals surface area contributed by atoms with Crippen LogP contribution in [0.25, 0.3) is 0 Å². The average molecular weight is 278 g/mol. The highest BCUT2D eigenvalue weighted by atomic mass is 16.5. The lowest BCUT2D eigenvalue weighted by Crippen LogP contribution is -2.43. The summed E-state index contributed by atoms with van der Waals surface area (Å²) in [6.07, 6.45) is 2.10. The molecular weight excluding hydrogens is 256 g/mol. The number of primary amides is 1. The van der Waals surface area contributed by atoms with Gasteiger partial charge in [-0.15, -0.1) is 0 Å². The van der Waals surface area contributed by atoms with Crippen LogP contribution in [0.1, 0.15) is 25.3 Å². The SMILES string of the molecule is CN1CCC[C@@H]1C(C)(O)c1ccc(OCC(N)=O)cc1. The molecule has 1 heterocycles. The van der Waals surface area contributed by atoms with Crippen LogP contribution in [0.2, 0.25) is 0 Å². The highest BCUT2D eigenvalue weighted by Crippen LogP contribution is 2.34. The molecule has 0 saturated carbocycles. The fraction of sp³-hybridized carbons (Fsp3) is 0.533. The fourth-order valence-corrected chi connectivity index (χ4v) is 2.86. The maximum absolute atomic E-state index is 10.8. The van der Waals surface area contributed by atoms with Gasteiger partial charge < -0.3 is 20.5 Å². The fourth-order valence-electron chi connectivity index (χ4n) is 2.86. The Labute approximate surface area is 119 Å². The Hall–Kier alpha value is -1.59. The number of nitrogens with two attached hydrogens (primary N) is 1. The van der Waals surface area contributed by atoms with Gasteiger partial charge in [0.2, 0.25) is 0 Å². The van der Waals surface area contributed by atoms with Crippen molar-refractivity contribution in [3.63, 3.8) is 0 Å². The van der Waals surface area contributed by atoms with Crippen LogP contribution in [0, 0.1) is 0 Å². The minimum absolute atomic E-state index is 0.125. The van der Waals surface area contributed by atoms with E-state index < -0.39 is 11.5 Å². The number of ether oxygens (including phenoxy) is 1. The van der Waals surface area contributed by atoms with E-state index in [9.17, 15) is 9.90 Å². The van der Waals surface area contributed by atoms with Crippen LogP contribution >= 0.6 is 0 Å². The number of likely N-dealkylation sites (N-methyl/N-ethyl adjacent to an activating group) is 1. The summed E-state index contributed by atoms with van der Waals surface area (Å²) >= 11 is 0. The van der Waals surface area contributed by atoms with E-state index in [1.165, 1.54) is 0 Å². The van der Waals surface area contributed by atoms with Crippen LogP contribution in [0.4, 0.5) is 0 Å². The van der Waals surface area contributed by atoms with Crippen molar-refractivity contribution in [2.24, 2.45) is 5.73 Å². The summed E-state index contributed by atoms with van der Waals surface area (Å²) < 4.78 is 5.22. The van der Waals surface area contributed by atoms with Gasteiger partial charge >= 0.3 is 0 Å². The molecule has 110 valence electrons. The number of amides is 1. The highest BCUT2D eigenvalue weighted by Gasteiger charge is 2.38. The molecule has 0 bridgehead atoms. The van der Waals surface area contributed by atoms with Crippen LogP contribution < -0.4 is 10.5 Å². The van der Waals surface area contributed by atoms with E-state index >= 15 is 0 Å². The molecule has 20 heavy (non-hydrogen) atoms. The third kappa shape index (κ3) is 3.11. The Morgan fingerprint density at radius 1 is 1.50 bits per heavy atom. The average Bonchev–Trinajstić information content (AvgIpc) is 2.84. The summed E-state index contributed by atoms with van der Waals surface area (Å²) in [4.78, 5) is 12.9. The van der Waals surface area contributed by atoms with Crippen LogP contribution in [0.3, 0.4) is 0 Å². The van der Waals surface area contributed by atoms with Gasteiger partial charge in [-0.2, -0.15) is 0 Å². The summed E-state index contributed by atoms with van der Waals surface area (Å²) in [6, 6.07) is 7.30. The van der Waals surface area contributed by atoms with Crippen molar-refractivity contribution in [3.05, 3.63) is 29.8 Å². The second-order valence-electron chi connectivity index (χ2n) is 5.57. The predicted octanol–water partition coefficient (Wildman–Crippen LogP) is 0.852. The quantitative estimate of drug-likeness (QED) is 0.837. The van der Waals surface area contributed by atoms with Crippen LogP contribution in [0.15, 0.2) is 24.3 Å². The first-order chi connectivity index (χ1) is 9.41. The Morgan fingerprint density at radius 2 is 2.15 bits per heavy atom. The van der Waals surface area contributed by atoms with Gasteiger partial charge in [-0.1, -0.05) is 12.1 Å². The number of aliphatic hydroxyl groups is 1. The zero-order valence-corrected chi connectivity index (χ0v) is 12.0. The lowest BCUT2D eigenvalue weighted by atomic mass is 9.87. The summed E-state index contributed by atoms with van der Waals surface area (Å²) in [5.41, 5.74) is 4.98. The molecule has 5 heteroatoms. The number of hydrogen-bond acceptors (Lipinski definition) is 4. The minimum atomic E-state index is -0.895. The van der Waals surface area contributed by atoms with Gasteiger partial charge in [0.1, 0.15) is 11.4 Å². The van der Waals surface area contributed by atoms with Crippen molar-refractivity contribution in [1.82, 2.24) is 4.90 Å². The molecule has 1 aliphatic heterocycles. The monoisotopic (exact) mass is 278 g/mol. The number of nitrogens with zero attached hydrogens (tertiary/aromatic N) is 1. The Morgan fingerprint density at radius 3 is 2.65 bits per heavy atom. The Kier molecular flexibility index (Phi) is 4.30. The number of carbonyl (C=O) groups is 1. The van der Waals surface area contributed by atoms with Crippen molar-refractivity contribution in [2.75, 3.05) is 20.2 Å². The normalized spacial score (nSPS) is 22.4. The number of benzene rings is 1. The van der Waals surface area contributed by atoms with E-state index in [4.69, 9.17) is 10.5 Å². The molecule has 0 aromatic heterocycles. The predicted molar refractivity (Wildman–Crippen MR) is 76.4 cm³/mol. The molecule has 1 aromatic carbocycles. The van der Waals surface area contributed by atoms with E-state index in [0.717, 1.165) is 24.9 Å². The maximum atomic E-state index is 10.8. The third-order valence-corrected chi connectivity index (χ3v) is 3.99. The van der Waals surface area contributed by atoms with Crippen molar-refractivity contribution < 1.29 is 14.6 Å². The second-order valence-corrected chi connectivity index (χ2v) is 5.57. The first kappa shape index (κ1) is 14.8. The van der Waals surface area contributed by atoms with Crippen LogP contribution in [-0.4, -0.2) is 42.2 Å². The standard InChI is InChI=1S/C15H22N2O3/c1-15(19,13-4-3-9-17(13)2)11-5-7-12(8-6-11)20-10-14(16)18/h5-8,13,19H,3-4,9-10H2,1-2H3,(H2,16,18)/t13-,15?/m1/s1. The second kappa shape index (κ2) is 5.81. The summed E-state index contributed by atoms with van der Waals surface area (Å²) in [6.45, 7) is 2.72. The molecule has 0 spiro atoms. The van der Waals surface area contributed by atoms with Gasteiger partial charge in [0, 0.05) is 6.04 Å². The molecule has 3 N–H and O–H groups in total. The van der Waals surface area contributed by atoms with Crippen molar-refractivity contribution in [1.29, 1.82) is 0 Å². The molecule has 2 atom stereocenters. The summed E-state index contributed by atoms with van der Waals surface area (Å²) in [7, 11) is 2.04. The van der Waals surface area contributed by atoms with Gasteiger partial charge in [-0.3, -0.25) is 4.79 Å². The largest absolute Gasteiger partial charge is 0.484 e. The van der Waals surface area contributed by atoms with Gasteiger partial charge in [-0.05, 0) is 51.1 Å². The van der Waals surface area contributed by atoms with Gasteiger partial charge in [0.15, 0.2) is 6.61 Å². The topological polar surface area (TPSA) is 75.8 Å². The Bertz CT molecular complexity index is 471. The molecule has 5 nitrogen and oxygen atoms in total. The van der Waals surface area contributed by atoms with Gasteiger partial charge in [0.25, 0.3) is 5.91 Å². The third-order valence-electron chi connectivity index (χ3n) is 3.99. The number of carbonyl (C=O) groups excluding carboxylic acids is 1. The maximum Gasteiger partial charge on any atom is 0.255 e. The van der Waals surface area contributed by atoms with E-state index in [2.05, 4.69) is 4.90 Å². The van der Waals surface area contributed by atoms with E-state index in [1.807, 2.05) is 26.1 Å². The number of hydrogen-bond donors (Lipinski definition) is 2. The lowest BCUT2D eigenvalue weighted by Gasteiger charge is -2.35. The molecule has 0 aliphatic carbocycles. The molecule has 1 saturated heterocycles. The molecule has 0 radical (unpaired) electrons. The zero-order valence-electron chi connectivity index (χ0n) is 12.0. The van der Waals surface area contributed by atoms with Crippen molar-refractivity contribution in [3.8, 4) is 5.75 Å². The lowest BCUT2D eigenvalue weighted by molar-refractivity contribution is -0.119. The Balaban J connectivity index is 2.10. The molecule has 1 amide bonds. The molecule has 1 unspecified atom stereocenters. The van der Waals surface area contributed by atoms with Gasteiger partial charge in [0.05, 0.1) is 0 Å². The summed E-state index contributed by atoms with van der Waals surface area (Å²) in [5, 5.41) is 10.8. The first-order valence-corrected chi connectivity index (χ1v) is 6.85. The summed E-state index contributed by atoms with van der Waals surface area (Å²) in [5.74, 6) is 0.0665. The van der Waals surface area contributed by atoms with Crippen LogP contribution in [-0.2, 0) is 10.4 Å². The first-order valence-electron chi connectivity index (χ1n) is 6.85. The van der Waals surface area contributed by atoms with E-state index in [0.29, 0.717) is 5.75 Å². The number of rotatable bonds is 5. The molecule has 1 fully saturated rings. The van der Waals surface area contributed by atoms with E-state index in [-0.39, 0.29) is 12.6 Å². The highest BCUT2D eigenvalue weighted by molar-refractivity contribution is 5.75. The minimum Gasteiger partial charge on any atom is -0.484 e.